The number of nitrogens with zero attached hydrogens (tertiary/aromatic N) is 1. The molecule has 0 amide bonds. The zero-order chi connectivity index (χ0) is 11.0. The minimum absolute atomic E-state index is 0.507. The van der Waals surface area contributed by atoms with Gasteiger partial charge in [-0.25, -0.2) is 0 Å². The van der Waals surface area contributed by atoms with E-state index in [0.29, 0.717) is 14.5 Å². The van der Waals surface area contributed by atoms with E-state index in [9.17, 15) is 0 Å². The number of anilines is 1. The van der Waals surface area contributed by atoms with E-state index in [0.717, 1.165) is 0 Å². The van der Waals surface area contributed by atoms with E-state index in [2.05, 4.69) is 45.1 Å². The van der Waals surface area contributed by atoms with Gasteiger partial charge in [-0.15, -0.1) is 0 Å². The third-order valence-electron chi connectivity index (χ3n) is 3.16. The Bertz CT molecular complexity index is 500. The molecule has 0 atom stereocenters. The van der Waals surface area contributed by atoms with Crippen molar-refractivity contribution in [1.29, 1.82) is 0 Å². The molecule has 2 aromatic rings. The summed E-state index contributed by atoms with van der Waals surface area (Å²) in [6.45, 7) is 2.50. The predicted octanol–water partition coefficient (Wildman–Crippen LogP) is 3.65. The molecule has 0 spiro atoms. The van der Waals surface area contributed by atoms with Gasteiger partial charge in [0.15, 0.2) is 0 Å². The van der Waals surface area contributed by atoms with E-state index in [1.54, 1.807) is 4.56 Å². The summed E-state index contributed by atoms with van der Waals surface area (Å²) in [7, 11) is 0. The Morgan fingerprint density at radius 3 is 2.56 bits per heavy atom. The van der Waals surface area contributed by atoms with Gasteiger partial charge in [0.1, 0.15) is 0 Å². The van der Waals surface area contributed by atoms with Crippen molar-refractivity contribution in [3.8, 4) is 0 Å². The molecule has 1 aliphatic rings. The molecule has 0 N–H and O–H groups in total. The van der Waals surface area contributed by atoms with Crippen LogP contribution in [0.5, 0.6) is 0 Å². The summed E-state index contributed by atoms with van der Waals surface area (Å²) in [5.41, 5.74) is 0. The number of piperidine rings is 1. The molecule has 0 radical (unpaired) electrons. The average Bonchev–Trinajstić information content (AvgIpc) is 2.69. The molecule has 1 aliphatic heterocycles. The molecule has 0 saturated carbocycles. The monoisotopic (exact) mass is 343 g/mol. The molecule has 16 heavy (non-hydrogen) atoms. The summed E-state index contributed by atoms with van der Waals surface area (Å²) in [6, 6.07) is 8.79. The molecule has 1 saturated heterocycles. The molecule has 1 aromatic carbocycles. The Hall–Kier alpha value is -0.241. The van der Waals surface area contributed by atoms with E-state index in [-0.39, 0.29) is 0 Å². The summed E-state index contributed by atoms with van der Waals surface area (Å²) in [4.78, 5) is 2.59. The van der Waals surface area contributed by atoms with Crippen molar-refractivity contribution >= 4 is 44.6 Å². The zero-order valence-electron chi connectivity index (χ0n) is 9.08. The molecule has 3 rings (SSSR count). The van der Waals surface area contributed by atoms with Gasteiger partial charge in [-0.2, -0.15) is 0 Å². The molecule has 2 heterocycles. The average molecular weight is 343 g/mol. The maximum atomic E-state index is 3.79. The fourth-order valence-corrected chi connectivity index (χ4v) is 6.02. The van der Waals surface area contributed by atoms with E-state index in [1.807, 2.05) is 0 Å². The van der Waals surface area contributed by atoms with Crippen LogP contribution in [0.25, 0.3) is 9.65 Å². The molecule has 0 bridgehead atoms. The van der Waals surface area contributed by atoms with Crippen molar-refractivity contribution in [3.05, 3.63) is 28.7 Å². The van der Waals surface area contributed by atoms with Crippen molar-refractivity contribution in [2.45, 2.75) is 19.3 Å². The van der Waals surface area contributed by atoms with Gasteiger partial charge in [-0.3, -0.25) is 0 Å². The van der Waals surface area contributed by atoms with Crippen LogP contribution < -0.4 is 4.90 Å². The van der Waals surface area contributed by atoms with Gasteiger partial charge in [-0.05, 0) is 0 Å². The Morgan fingerprint density at radius 2 is 1.81 bits per heavy atom. The van der Waals surface area contributed by atoms with Crippen LogP contribution in [0.1, 0.15) is 19.3 Å². The Labute approximate surface area is 110 Å². The van der Waals surface area contributed by atoms with Crippen molar-refractivity contribution in [2.24, 2.45) is 0 Å². The third-order valence-corrected chi connectivity index (χ3v) is 7.14. The molecule has 84 valence electrons. The molecule has 0 unspecified atom stereocenters. The van der Waals surface area contributed by atoms with Crippen LogP contribution in [-0.4, -0.2) is 27.6 Å². The van der Waals surface area contributed by atoms with Crippen molar-refractivity contribution in [3.63, 3.8) is 0 Å². The molecule has 1 aromatic heterocycles. The van der Waals surface area contributed by atoms with Gasteiger partial charge in [0, 0.05) is 0 Å². The summed E-state index contributed by atoms with van der Waals surface area (Å²) < 4.78 is 4.45. The number of benzene rings is 1. The van der Waals surface area contributed by atoms with Crippen LogP contribution in [0, 0.1) is 0 Å². The van der Waals surface area contributed by atoms with Crippen LogP contribution in [0.4, 0.5) is 4.56 Å². The first kappa shape index (κ1) is 10.9. The van der Waals surface area contributed by atoms with Gasteiger partial charge < -0.3 is 0 Å². The summed E-state index contributed by atoms with van der Waals surface area (Å²) in [5, 5.41) is 1.42. The Kier molecular flexibility index (Phi) is 3.10. The van der Waals surface area contributed by atoms with E-state index < -0.39 is 0 Å². The second kappa shape index (κ2) is 4.56. The van der Waals surface area contributed by atoms with Crippen LogP contribution in [0.15, 0.2) is 28.7 Å². The quantitative estimate of drug-likeness (QED) is 0.715. The van der Waals surface area contributed by atoms with Crippen LogP contribution in [-0.2, 0) is 0 Å². The molecule has 0 aliphatic carbocycles. The minimum atomic E-state index is 0.507. The van der Waals surface area contributed by atoms with Gasteiger partial charge in [0.25, 0.3) is 0 Å². The second-order valence-corrected chi connectivity index (χ2v) is 7.22. The van der Waals surface area contributed by atoms with Crippen LogP contribution >= 0.6 is 15.9 Å². The second-order valence-electron chi connectivity index (χ2n) is 4.27. The van der Waals surface area contributed by atoms with Crippen molar-refractivity contribution < 1.29 is 0 Å². The number of hydrogen-bond donors (Lipinski definition) is 0. The SMILES string of the molecule is Brc1c(N2CCCCC2)[se]c2ccccc12. The van der Waals surface area contributed by atoms with Gasteiger partial charge in [0.2, 0.25) is 0 Å². The standard InChI is InChI=1S/C13H14BrNSe/c14-12-10-6-2-3-7-11(10)16-13(12)15-8-4-1-5-9-15/h2-3,6-7H,1,4-5,8-9H2. The number of rotatable bonds is 1. The van der Waals surface area contributed by atoms with E-state index in [1.165, 1.54) is 46.5 Å². The van der Waals surface area contributed by atoms with E-state index in [4.69, 9.17) is 0 Å². The first-order valence-corrected chi connectivity index (χ1v) is 8.29. The van der Waals surface area contributed by atoms with Gasteiger partial charge in [-0.1, -0.05) is 0 Å². The van der Waals surface area contributed by atoms with Gasteiger partial charge in [0.05, 0.1) is 0 Å². The first-order chi connectivity index (χ1) is 7.86. The molecular weight excluding hydrogens is 329 g/mol. The predicted molar refractivity (Wildman–Crippen MR) is 74.7 cm³/mol. The first-order valence-electron chi connectivity index (χ1n) is 5.78. The van der Waals surface area contributed by atoms with E-state index >= 15 is 0 Å². The summed E-state index contributed by atoms with van der Waals surface area (Å²) >= 11 is 4.30. The zero-order valence-corrected chi connectivity index (χ0v) is 12.4. The molecule has 1 fully saturated rings. The molecule has 1 nitrogen and oxygen atoms in total. The normalized spacial score (nSPS) is 16.9. The van der Waals surface area contributed by atoms with Gasteiger partial charge >= 0.3 is 111 Å². The molecular formula is C13H14BrNSe. The summed E-state index contributed by atoms with van der Waals surface area (Å²) in [6.07, 6.45) is 4.12. The van der Waals surface area contributed by atoms with Crippen LogP contribution in [0.2, 0.25) is 0 Å². The number of halogens is 1. The van der Waals surface area contributed by atoms with Crippen LogP contribution in [0.3, 0.4) is 0 Å². The summed E-state index contributed by atoms with van der Waals surface area (Å²) in [5.74, 6) is 0. The number of fused-ring (bicyclic) bond motifs is 1. The Balaban J connectivity index is 2.05. The molecule has 3 heteroatoms. The number of hydrogen-bond acceptors (Lipinski definition) is 1. The van der Waals surface area contributed by atoms with Crippen molar-refractivity contribution in [1.82, 2.24) is 0 Å². The van der Waals surface area contributed by atoms with Crippen molar-refractivity contribution in [2.75, 3.05) is 18.0 Å². The maximum absolute atomic E-state index is 3.79. The third kappa shape index (κ3) is 1.85. The fourth-order valence-electron chi connectivity index (χ4n) is 2.30. The fraction of sp³-hybridized carbons (Fsp3) is 0.385. The Morgan fingerprint density at radius 1 is 1.06 bits per heavy atom. The topological polar surface area (TPSA) is 3.24 Å².